The van der Waals surface area contributed by atoms with E-state index in [9.17, 15) is 14.4 Å². The van der Waals surface area contributed by atoms with E-state index in [0.717, 1.165) is 0 Å². The molecule has 1 heterocycles. The van der Waals surface area contributed by atoms with Gasteiger partial charge in [0.25, 0.3) is 0 Å². The molecule has 2 aromatic carbocycles. The van der Waals surface area contributed by atoms with E-state index in [1.54, 1.807) is 36.4 Å². The van der Waals surface area contributed by atoms with Crippen molar-refractivity contribution in [3.63, 3.8) is 0 Å². The average Bonchev–Trinajstić information content (AvgIpc) is 3.20. The van der Waals surface area contributed by atoms with E-state index < -0.39 is 12.0 Å². The van der Waals surface area contributed by atoms with Crippen LogP contribution in [-0.2, 0) is 9.53 Å². The molecule has 0 spiro atoms. The van der Waals surface area contributed by atoms with Crippen molar-refractivity contribution in [1.29, 1.82) is 0 Å². The lowest BCUT2D eigenvalue weighted by atomic mass is 10.2. The van der Waals surface area contributed by atoms with Crippen LogP contribution in [-0.4, -0.2) is 41.0 Å². The lowest BCUT2D eigenvalue weighted by Gasteiger charge is -2.05. The Morgan fingerprint density at radius 2 is 1.63 bits per heavy atom. The average molecular weight is 444 g/mol. The third kappa shape index (κ3) is 6.29. The number of anilines is 3. The molecule has 154 valence electrons. The summed E-state index contributed by atoms with van der Waals surface area (Å²) in [5.41, 5.74) is 1.62. The number of rotatable bonds is 7. The number of nitrogens with zero attached hydrogens (tertiary/aromatic N) is 2. The lowest BCUT2D eigenvalue weighted by Crippen LogP contribution is -2.19. The molecule has 3 N–H and O–H groups in total. The molecule has 3 rings (SSSR count). The van der Waals surface area contributed by atoms with Gasteiger partial charge in [-0.1, -0.05) is 41.3 Å². The first-order chi connectivity index (χ1) is 14.5. The van der Waals surface area contributed by atoms with Crippen molar-refractivity contribution >= 4 is 57.5 Å². The zero-order valence-electron chi connectivity index (χ0n) is 15.7. The second kappa shape index (κ2) is 10.4. The minimum absolute atomic E-state index is 0.115. The van der Waals surface area contributed by atoms with Gasteiger partial charge in [-0.2, -0.15) is 0 Å². The first kappa shape index (κ1) is 21.3. The maximum Gasteiger partial charge on any atom is 0.337 e. The number of ether oxygens (including phenoxy) is 1. The molecule has 0 saturated heterocycles. The van der Waals surface area contributed by atoms with Crippen molar-refractivity contribution in [1.82, 2.24) is 10.2 Å². The van der Waals surface area contributed by atoms with Crippen LogP contribution >= 0.6 is 23.1 Å². The Hall–Kier alpha value is -3.44. The van der Waals surface area contributed by atoms with Crippen molar-refractivity contribution in [2.24, 2.45) is 0 Å². The predicted molar refractivity (Wildman–Crippen MR) is 116 cm³/mol. The van der Waals surface area contributed by atoms with E-state index in [4.69, 9.17) is 0 Å². The van der Waals surface area contributed by atoms with Crippen LogP contribution in [0, 0.1) is 0 Å². The maximum absolute atomic E-state index is 12.1. The molecular weight excluding hydrogens is 426 g/mol. The SMILES string of the molecule is COC(=O)c1ccc(NC(=O)CSc2nnc(NC(=O)Nc3ccccc3)s2)cc1. The van der Waals surface area contributed by atoms with E-state index >= 15 is 0 Å². The Labute approximate surface area is 180 Å². The molecule has 9 nitrogen and oxygen atoms in total. The van der Waals surface area contributed by atoms with E-state index in [2.05, 4.69) is 30.9 Å². The maximum atomic E-state index is 12.1. The monoisotopic (exact) mass is 443 g/mol. The number of benzene rings is 2. The summed E-state index contributed by atoms with van der Waals surface area (Å²) < 4.78 is 5.17. The number of thioether (sulfide) groups is 1. The molecule has 1 aromatic heterocycles. The molecule has 0 aliphatic rings. The summed E-state index contributed by atoms with van der Waals surface area (Å²) in [4.78, 5) is 35.5. The number of urea groups is 1. The van der Waals surface area contributed by atoms with Gasteiger partial charge in [-0.25, -0.2) is 9.59 Å². The van der Waals surface area contributed by atoms with Crippen LogP contribution in [0.25, 0.3) is 0 Å². The molecule has 0 fully saturated rings. The summed E-state index contributed by atoms with van der Waals surface area (Å²) in [6.07, 6.45) is 0. The van der Waals surface area contributed by atoms with Crippen LogP contribution < -0.4 is 16.0 Å². The highest BCUT2D eigenvalue weighted by molar-refractivity contribution is 8.01. The van der Waals surface area contributed by atoms with Gasteiger partial charge in [-0.05, 0) is 36.4 Å². The zero-order valence-corrected chi connectivity index (χ0v) is 17.4. The highest BCUT2D eigenvalue weighted by atomic mass is 32.2. The van der Waals surface area contributed by atoms with Gasteiger partial charge in [0, 0.05) is 11.4 Å². The van der Waals surface area contributed by atoms with Gasteiger partial charge in [0.1, 0.15) is 0 Å². The highest BCUT2D eigenvalue weighted by Gasteiger charge is 2.11. The van der Waals surface area contributed by atoms with Gasteiger partial charge in [-0.15, -0.1) is 10.2 Å². The number of hydrogen-bond donors (Lipinski definition) is 3. The van der Waals surface area contributed by atoms with Crippen LogP contribution in [0.4, 0.5) is 21.3 Å². The molecule has 0 atom stereocenters. The number of methoxy groups -OCH3 is 1. The molecule has 0 unspecified atom stereocenters. The number of para-hydroxylation sites is 1. The summed E-state index contributed by atoms with van der Waals surface area (Å²) >= 11 is 2.36. The number of nitrogens with one attached hydrogen (secondary N) is 3. The van der Waals surface area contributed by atoms with Crippen LogP contribution in [0.2, 0.25) is 0 Å². The Balaban J connectivity index is 1.45. The fraction of sp³-hybridized carbons (Fsp3) is 0.105. The minimum Gasteiger partial charge on any atom is -0.465 e. The number of esters is 1. The number of carbonyl (C=O) groups excluding carboxylic acids is 3. The Kier molecular flexibility index (Phi) is 7.35. The first-order valence-corrected chi connectivity index (χ1v) is 10.4. The highest BCUT2D eigenvalue weighted by Crippen LogP contribution is 2.25. The van der Waals surface area contributed by atoms with Crippen molar-refractivity contribution < 1.29 is 19.1 Å². The van der Waals surface area contributed by atoms with Gasteiger partial charge in [-0.3, -0.25) is 10.1 Å². The second-order valence-corrected chi connectivity index (χ2v) is 7.92. The minimum atomic E-state index is -0.443. The zero-order chi connectivity index (χ0) is 21.3. The summed E-state index contributed by atoms with van der Waals surface area (Å²) in [6.45, 7) is 0. The molecule has 3 aromatic rings. The Morgan fingerprint density at radius 1 is 0.933 bits per heavy atom. The van der Waals surface area contributed by atoms with Crippen molar-refractivity contribution in [2.75, 3.05) is 28.8 Å². The van der Waals surface area contributed by atoms with E-state index in [1.807, 2.05) is 18.2 Å². The largest absolute Gasteiger partial charge is 0.465 e. The van der Waals surface area contributed by atoms with Crippen LogP contribution in [0.15, 0.2) is 58.9 Å². The topological polar surface area (TPSA) is 122 Å². The fourth-order valence-electron chi connectivity index (χ4n) is 2.23. The number of hydrogen-bond acceptors (Lipinski definition) is 8. The van der Waals surface area contributed by atoms with Crippen molar-refractivity contribution in [3.8, 4) is 0 Å². The van der Waals surface area contributed by atoms with Crippen LogP contribution in [0.5, 0.6) is 0 Å². The molecule has 3 amide bonds. The van der Waals surface area contributed by atoms with Gasteiger partial charge in [0.2, 0.25) is 11.0 Å². The summed E-state index contributed by atoms with van der Waals surface area (Å²) in [7, 11) is 1.30. The van der Waals surface area contributed by atoms with E-state index in [0.29, 0.717) is 26.4 Å². The number of aromatic nitrogens is 2. The molecule has 0 aliphatic heterocycles. The smallest absolute Gasteiger partial charge is 0.337 e. The molecule has 0 radical (unpaired) electrons. The molecule has 0 saturated carbocycles. The van der Waals surface area contributed by atoms with Gasteiger partial charge >= 0.3 is 12.0 Å². The number of amides is 3. The first-order valence-electron chi connectivity index (χ1n) is 8.61. The molecule has 0 aliphatic carbocycles. The van der Waals surface area contributed by atoms with Crippen molar-refractivity contribution in [3.05, 3.63) is 60.2 Å². The van der Waals surface area contributed by atoms with Crippen LogP contribution in [0.3, 0.4) is 0 Å². The predicted octanol–water partition coefficient (Wildman–Crippen LogP) is 3.70. The van der Waals surface area contributed by atoms with Gasteiger partial charge < -0.3 is 15.4 Å². The summed E-state index contributed by atoms with van der Waals surface area (Å²) in [5, 5.41) is 16.2. The van der Waals surface area contributed by atoms with Gasteiger partial charge in [0.05, 0.1) is 18.4 Å². The standard InChI is InChI=1S/C19H17N5O4S2/c1-28-16(26)12-7-9-14(10-8-12)20-15(25)11-29-19-24-23-18(30-19)22-17(27)21-13-5-3-2-4-6-13/h2-10H,11H2,1H3,(H,20,25)(H2,21,22,23,27). The lowest BCUT2D eigenvalue weighted by molar-refractivity contribution is -0.113. The van der Waals surface area contributed by atoms with E-state index in [-0.39, 0.29) is 11.7 Å². The van der Waals surface area contributed by atoms with Gasteiger partial charge in [0.15, 0.2) is 4.34 Å². The summed E-state index contributed by atoms with van der Waals surface area (Å²) in [5.74, 6) is -0.567. The Bertz CT molecular complexity index is 1020. The number of carbonyl (C=O) groups is 3. The third-order valence-electron chi connectivity index (χ3n) is 3.58. The molecular formula is C19H17N5O4S2. The molecule has 0 bridgehead atoms. The van der Waals surface area contributed by atoms with E-state index in [1.165, 1.54) is 30.2 Å². The third-order valence-corrected chi connectivity index (χ3v) is 5.55. The normalized spacial score (nSPS) is 10.2. The Morgan fingerprint density at radius 3 is 2.33 bits per heavy atom. The summed E-state index contributed by atoms with van der Waals surface area (Å²) in [6, 6.07) is 15.0. The second-order valence-electron chi connectivity index (χ2n) is 5.72. The quantitative estimate of drug-likeness (QED) is 0.289. The van der Waals surface area contributed by atoms with Crippen LogP contribution in [0.1, 0.15) is 10.4 Å². The van der Waals surface area contributed by atoms with Crippen molar-refractivity contribution in [2.45, 2.75) is 4.34 Å². The molecule has 30 heavy (non-hydrogen) atoms. The fourth-order valence-corrected chi connectivity index (χ4v) is 3.78. The molecule has 11 heteroatoms.